The van der Waals surface area contributed by atoms with Gasteiger partial charge in [0.15, 0.2) is 4.58 Å². The molecule has 0 fully saturated rings. The Morgan fingerprint density at radius 3 is 1.46 bits per heavy atom. The molecule has 0 heterocycles. The van der Waals surface area contributed by atoms with Crippen LogP contribution >= 0.6 is 0 Å². The van der Waals surface area contributed by atoms with Gasteiger partial charge in [-0.05, 0) is 6.42 Å². The molecule has 0 aromatic rings. The second-order valence-electron chi connectivity index (χ2n) is 5.56. The van der Waals surface area contributed by atoms with Gasteiger partial charge in [-0.3, -0.25) is 4.79 Å². The fourth-order valence-electron chi connectivity index (χ4n) is 1.68. The highest BCUT2D eigenvalue weighted by atomic mass is 32.3. The third-order valence-electron chi connectivity index (χ3n) is 3.54. The molecule has 0 saturated carbocycles. The lowest BCUT2D eigenvalue weighted by molar-refractivity contribution is -0.163. The Morgan fingerprint density at radius 1 is 0.857 bits per heavy atom. The topological polar surface area (TPSA) is 97.4 Å². The number of halogens is 9. The van der Waals surface area contributed by atoms with E-state index >= 15 is 0 Å². The Labute approximate surface area is 153 Å². The van der Waals surface area contributed by atoms with Crippen LogP contribution in [0.5, 0.6) is 0 Å². The van der Waals surface area contributed by atoms with Crippen molar-refractivity contribution in [2.45, 2.75) is 54.5 Å². The Balaban J connectivity index is 6.41. The van der Waals surface area contributed by atoms with Gasteiger partial charge in [0, 0.05) is 12.3 Å². The summed E-state index contributed by atoms with van der Waals surface area (Å²) in [4.78, 5) is 11.6. The van der Waals surface area contributed by atoms with Gasteiger partial charge in [-0.15, -0.1) is 0 Å². The lowest BCUT2D eigenvalue weighted by Gasteiger charge is -2.28. The number of carbonyl (C=O) groups is 1. The first kappa shape index (κ1) is 26.7. The maximum Gasteiger partial charge on any atom is 0.498 e. The van der Waals surface area contributed by atoms with E-state index in [1.165, 1.54) is 6.92 Å². The minimum absolute atomic E-state index is 0.0818. The molecule has 0 bridgehead atoms. The summed E-state index contributed by atoms with van der Waals surface area (Å²) < 4.78 is 155. The minimum Gasteiger partial charge on any atom is -0.344 e. The smallest absolute Gasteiger partial charge is 0.344 e. The van der Waals surface area contributed by atoms with Gasteiger partial charge in [-0.1, -0.05) is 13.8 Å². The van der Waals surface area contributed by atoms with Crippen LogP contribution in [0.4, 0.5) is 39.5 Å². The molecule has 1 N–H and O–H groups in total. The van der Waals surface area contributed by atoms with Crippen LogP contribution in [0, 0.1) is 5.92 Å². The highest BCUT2D eigenvalue weighted by molar-refractivity contribution is 8.09. The summed E-state index contributed by atoms with van der Waals surface area (Å²) in [5.41, 5.74) is -13.2. The molecular formula is C11H14F9NO5S2. The lowest BCUT2D eigenvalue weighted by Crippen LogP contribution is -2.53. The van der Waals surface area contributed by atoms with Crippen LogP contribution in [-0.2, 0) is 24.5 Å². The second kappa shape index (κ2) is 8.23. The molecule has 0 aliphatic carbocycles. The number of carbonyl (C=O) groups excluding carboxylic acids is 1. The molecule has 2 atom stereocenters. The number of rotatable bonds is 7. The van der Waals surface area contributed by atoms with Crippen molar-refractivity contribution in [2.24, 2.45) is 5.92 Å². The van der Waals surface area contributed by atoms with Crippen molar-refractivity contribution in [3.05, 3.63) is 0 Å². The van der Waals surface area contributed by atoms with Gasteiger partial charge in [0.1, 0.15) is 6.04 Å². The number of nitrogens with one attached hydrogen (secondary N) is 1. The normalized spacial score (nSPS) is 16.7. The summed E-state index contributed by atoms with van der Waals surface area (Å²) in [5.74, 6) is -2.65. The van der Waals surface area contributed by atoms with E-state index in [9.17, 15) is 61.1 Å². The van der Waals surface area contributed by atoms with E-state index in [-0.39, 0.29) is 6.42 Å². The Bertz CT molecular complexity index is 724. The largest absolute Gasteiger partial charge is 0.498 e. The quantitative estimate of drug-likeness (QED) is 0.572. The molecule has 6 nitrogen and oxygen atoms in total. The van der Waals surface area contributed by atoms with E-state index in [0.29, 0.717) is 0 Å². The number of alkyl halides is 9. The highest BCUT2D eigenvalue weighted by Gasteiger charge is 2.64. The lowest BCUT2D eigenvalue weighted by atomic mass is 10.1. The number of hydrogen-bond acceptors (Lipinski definition) is 5. The zero-order valence-corrected chi connectivity index (χ0v) is 15.5. The molecule has 2 unspecified atom stereocenters. The summed E-state index contributed by atoms with van der Waals surface area (Å²) in [5, 5.41) is 1.06. The van der Waals surface area contributed by atoms with E-state index < -0.39 is 65.7 Å². The third kappa shape index (κ3) is 5.87. The van der Waals surface area contributed by atoms with Gasteiger partial charge in [-0.2, -0.15) is 39.5 Å². The van der Waals surface area contributed by atoms with Gasteiger partial charge in [0.25, 0.3) is 19.7 Å². The van der Waals surface area contributed by atoms with Crippen LogP contribution in [0.2, 0.25) is 0 Å². The fraction of sp³-hybridized carbons (Fsp3) is 0.909. The maximum atomic E-state index is 13.0. The molecule has 0 spiro atoms. The van der Waals surface area contributed by atoms with Crippen molar-refractivity contribution in [3.8, 4) is 0 Å². The average Bonchev–Trinajstić information content (AvgIpc) is 2.46. The predicted octanol–water partition coefficient (Wildman–Crippen LogP) is 2.67. The first-order chi connectivity index (χ1) is 12.1. The van der Waals surface area contributed by atoms with Gasteiger partial charge in [0.05, 0.1) is 0 Å². The first-order valence-corrected chi connectivity index (χ1v) is 10.2. The van der Waals surface area contributed by atoms with Gasteiger partial charge in [0.2, 0.25) is 5.91 Å². The van der Waals surface area contributed by atoms with E-state index in [2.05, 4.69) is 0 Å². The minimum atomic E-state index is -7.26. The molecule has 168 valence electrons. The Kier molecular flexibility index (Phi) is 7.86. The average molecular weight is 475 g/mol. The van der Waals surface area contributed by atoms with Crippen LogP contribution in [0.25, 0.3) is 0 Å². The molecule has 17 heteroatoms. The molecule has 0 aromatic carbocycles. The fourth-order valence-corrected chi connectivity index (χ4v) is 5.16. The van der Waals surface area contributed by atoms with E-state index in [0.717, 1.165) is 12.2 Å². The molecule has 0 aliphatic heterocycles. The standard InChI is InChI=1S/C11H14F9NO5S2/c1-3-5(2)8(22)21-6(9(12,13)14)4-7(27(23,24)10(15,16)17)28(25,26)11(18,19)20/h5-7H,3-4H2,1-2H3,(H,21,22). The van der Waals surface area contributed by atoms with Gasteiger partial charge >= 0.3 is 17.2 Å². The zero-order chi connectivity index (χ0) is 22.9. The van der Waals surface area contributed by atoms with Crippen molar-refractivity contribution >= 4 is 25.6 Å². The summed E-state index contributed by atoms with van der Waals surface area (Å²) in [7, 11) is -14.5. The van der Waals surface area contributed by atoms with Crippen LogP contribution < -0.4 is 5.32 Å². The Hall–Kier alpha value is -1.26. The summed E-state index contributed by atoms with van der Waals surface area (Å²) in [6, 6.07) is -3.60. The number of hydrogen-bond donors (Lipinski definition) is 1. The van der Waals surface area contributed by atoms with E-state index in [1.54, 1.807) is 0 Å². The first-order valence-electron chi connectivity index (χ1n) is 7.08. The molecule has 0 aliphatic rings. The van der Waals surface area contributed by atoms with Gasteiger partial charge < -0.3 is 5.32 Å². The van der Waals surface area contributed by atoms with Crippen molar-refractivity contribution in [1.82, 2.24) is 5.32 Å². The van der Waals surface area contributed by atoms with E-state index in [4.69, 9.17) is 0 Å². The number of amides is 1. The van der Waals surface area contributed by atoms with Crippen LogP contribution in [-0.4, -0.2) is 50.6 Å². The molecular weight excluding hydrogens is 461 g/mol. The summed E-state index contributed by atoms with van der Waals surface area (Å²) in [6.07, 6.45) is -8.57. The van der Waals surface area contributed by atoms with Crippen molar-refractivity contribution < 1.29 is 61.1 Å². The molecule has 0 saturated heterocycles. The van der Waals surface area contributed by atoms with Gasteiger partial charge in [-0.25, -0.2) is 16.8 Å². The molecule has 0 rings (SSSR count). The summed E-state index contributed by atoms with van der Waals surface area (Å²) >= 11 is 0. The SMILES string of the molecule is CCC(C)C(=O)NC(CC(S(=O)(=O)C(F)(F)F)S(=O)(=O)C(F)(F)F)C(F)(F)F. The van der Waals surface area contributed by atoms with Crippen molar-refractivity contribution in [2.75, 3.05) is 0 Å². The zero-order valence-electron chi connectivity index (χ0n) is 13.9. The molecule has 1 amide bonds. The van der Waals surface area contributed by atoms with Crippen molar-refractivity contribution in [1.29, 1.82) is 0 Å². The second-order valence-corrected chi connectivity index (χ2v) is 10.1. The summed E-state index contributed by atoms with van der Waals surface area (Å²) in [6.45, 7) is 2.39. The van der Waals surface area contributed by atoms with Crippen molar-refractivity contribution in [3.63, 3.8) is 0 Å². The van der Waals surface area contributed by atoms with Crippen LogP contribution in [0.15, 0.2) is 0 Å². The van der Waals surface area contributed by atoms with Crippen LogP contribution in [0.3, 0.4) is 0 Å². The molecule has 28 heavy (non-hydrogen) atoms. The molecule has 0 radical (unpaired) electrons. The van der Waals surface area contributed by atoms with E-state index in [1.807, 2.05) is 0 Å². The number of sulfone groups is 2. The monoisotopic (exact) mass is 475 g/mol. The van der Waals surface area contributed by atoms with Crippen LogP contribution in [0.1, 0.15) is 26.7 Å². The Morgan fingerprint density at radius 2 is 1.21 bits per heavy atom. The third-order valence-corrected chi connectivity index (χ3v) is 8.12. The predicted molar refractivity (Wildman–Crippen MR) is 75.8 cm³/mol. The maximum absolute atomic E-state index is 13.0. The highest BCUT2D eigenvalue weighted by Crippen LogP contribution is 2.39. The molecule has 0 aromatic heterocycles.